The van der Waals surface area contributed by atoms with E-state index in [1.165, 1.54) is 41.3 Å². The maximum atomic E-state index is 13.3. The normalized spacial score (nSPS) is 11.0. The van der Waals surface area contributed by atoms with Crippen molar-refractivity contribution in [3.05, 3.63) is 149 Å². The van der Waals surface area contributed by atoms with Gasteiger partial charge in [0.15, 0.2) is 9.84 Å². The Labute approximate surface area is 289 Å². The predicted octanol–water partition coefficient (Wildman–Crippen LogP) is 6.19. The van der Waals surface area contributed by atoms with Crippen LogP contribution >= 0.6 is 0 Å². The number of anilines is 1. The SMILES string of the molecule is Cc1ccc(-c2ccc(C(=O)Oc3ccc(CN(CC(=O)O)C(=O)c4ccc(NC(=O)Cc5ccc(S(C)(=O)=O)cc5)cc4)cc3)cc2)cc1. The molecular weight excluding hydrogens is 657 g/mol. The van der Waals surface area contributed by atoms with Gasteiger partial charge in [-0.25, -0.2) is 13.2 Å². The zero-order chi connectivity index (χ0) is 35.8. The first-order chi connectivity index (χ1) is 23.8. The first kappa shape index (κ1) is 35.2. The lowest BCUT2D eigenvalue weighted by Crippen LogP contribution is -2.35. The molecule has 0 saturated carbocycles. The molecule has 0 aliphatic rings. The van der Waals surface area contributed by atoms with Gasteiger partial charge in [0.2, 0.25) is 5.91 Å². The summed E-state index contributed by atoms with van der Waals surface area (Å²) >= 11 is 0. The average molecular weight is 691 g/mol. The number of nitrogens with one attached hydrogen (secondary N) is 1. The summed E-state index contributed by atoms with van der Waals surface area (Å²) < 4.78 is 28.8. The number of esters is 1. The zero-order valence-corrected chi connectivity index (χ0v) is 28.1. The number of carbonyl (C=O) groups excluding carboxylic acids is 3. The van der Waals surface area contributed by atoms with E-state index < -0.39 is 34.2 Å². The highest BCUT2D eigenvalue weighted by atomic mass is 32.2. The van der Waals surface area contributed by atoms with E-state index in [0.29, 0.717) is 28.1 Å². The van der Waals surface area contributed by atoms with Gasteiger partial charge in [-0.3, -0.25) is 14.4 Å². The quantitative estimate of drug-likeness (QED) is 0.116. The zero-order valence-electron chi connectivity index (χ0n) is 27.3. The number of ether oxygens (including phenoxy) is 1. The molecule has 0 atom stereocenters. The lowest BCUT2D eigenvalue weighted by molar-refractivity contribution is -0.137. The Bertz CT molecular complexity index is 2110. The summed E-state index contributed by atoms with van der Waals surface area (Å²) in [6.07, 6.45) is 1.12. The maximum Gasteiger partial charge on any atom is 0.343 e. The van der Waals surface area contributed by atoms with Crippen LogP contribution in [-0.4, -0.2) is 55.0 Å². The molecule has 50 heavy (non-hydrogen) atoms. The Kier molecular flexibility index (Phi) is 10.9. The monoisotopic (exact) mass is 690 g/mol. The first-order valence-corrected chi connectivity index (χ1v) is 17.4. The highest BCUT2D eigenvalue weighted by Gasteiger charge is 2.20. The van der Waals surface area contributed by atoms with Crippen LogP contribution in [0.1, 0.15) is 37.4 Å². The van der Waals surface area contributed by atoms with E-state index in [4.69, 9.17) is 4.74 Å². The summed E-state index contributed by atoms with van der Waals surface area (Å²) in [6, 6.07) is 33.7. The number of carboxylic acid groups (broad SMARTS) is 1. The van der Waals surface area contributed by atoms with Crippen LogP contribution in [0, 0.1) is 6.92 Å². The minimum atomic E-state index is -3.34. The minimum Gasteiger partial charge on any atom is -0.480 e. The molecule has 0 radical (unpaired) electrons. The third kappa shape index (κ3) is 9.51. The summed E-state index contributed by atoms with van der Waals surface area (Å²) in [5, 5.41) is 12.2. The molecule has 5 rings (SSSR count). The van der Waals surface area contributed by atoms with Crippen LogP contribution in [0.3, 0.4) is 0 Å². The van der Waals surface area contributed by atoms with Crippen LogP contribution in [-0.2, 0) is 32.4 Å². The molecule has 2 N–H and O–H groups in total. The van der Waals surface area contributed by atoms with Crippen molar-refractivity contribution in [3.8, 4) is 16.9 Å². The van der Waals surface area contributed by atoms with E-state index in [1.54, 1.807) is 48.5 Å². The second kappa shape index (κ2) is 15.4. The summed E-state index contributed by atoms with van der Waals surface area (Å²) in [4.78, 5) is 51.6. The van der Waals surface area contributed by atoms with Crippen LogP contribution in [0.4, 0.5) is 5.69 Å². The van der Waals surface area contributed by atoms with Crippen molar-refractivity contribution in [1.82, 2.24) is 4.90 Å². The summed E-state index contributed by atoms with van der Waals surface area (Å²) in [5.41, 5.74) is 5.45. The molecule has 0 aliphatic carbocycles. The Morgan fingerprint density at radius 2 is 1.24 bits per heavy atom. The van der Waals surface area contributed by atoms with E-state index in [-0.39, 0.29) is 29.3 Å². The fraction of sp³-hybridized carbons (Fsp3) is 0.128. The Balaban J connectivity index is 1.17. The topological polar surface area (TPSA) is 147 Å². The number of hydrogen-bond acceptors (Lipinski definition) is 7. The second-order valence-corrected chi connectivity index (χ2v) is 13.8. The van der Waals surface area contributed by atoms with Gasteiger partial charge < -0.3 is 20.1 Å². The largest absolute Gasteiger partial charge is 0.480 e. The molecule has 5 aromatic carbocycles. The fourth-order valence-electron chi connectivity index (χ4n) is 5.08. The molecule has 0 fully saturated rings. The van der Waals surface area contributed by atoms with Gasteiger partial charge in [-0.2, -0.15) is 0 Å². The number of hydrogen-bond donors (Lipinski definition) is 2. The smallest absolute Gasteiger partial charge is 0.343 e. The summed E-state index contributed by atoms with van der Waals surface area (Å²) in [6.45, 7) is 1.45. The third-order valence-electron chi connectivity index (χ3n) is 7.76. The molecule has 2 amide bonds. The molecule has 0 saturated heterocycles. The van der Waals surface area contributed by atoms with Crippen LogP contribution in [0.5, 0.6) is 5.75 Å². The number of carboxylic acids is 1. The second-order valence-electron chi connectivity index (χ2n) is 11.8. The number of benzene rings is 5. The van der Waals surface area contributed by atoms with Crippen molar-refractivity contribution in [2.45, 2.75) is 24.8 Å². The number of aryl methyl sites for hydroxylation is 1. The van der Waals surface area contributed by atoms with Crippen molar-refractivity contribution in [3.63, 3.8) is 0 Å². The number of sulfone groups is 1. The predicted molar refractivity (Wildman–Crippen MR) is 189 cm³/mol. The summed E-state index contributed by atoms with van der Waals surface area (Å²) in [7, 11) is -3.34. The van der Waals surface area contributed by atoms with Gasteiger partial charge in [-0.1, -0.05) is 66.2 Å². The molecule has 11 heteroatoms. The Hall–Kier alpha value is -6.07. The number of amides is 2. The lowest BCUT2D eigenvalue weighted by atomic mass is 10.0. The Morgan fingerprint density at radius 1 is 0.700 bits per heavy atom. The van der Waals surface area contributed by atoms with Crippen LogP contribution in [0.2, 0.25) is 0 Å². The highest BCUT2D eigenvalue weighted by Crippen LogP contribution is 2.22. The maximum absolute atomic E-state index is 13.3. The number of carbonyl (C=O) groups is 4. The van der Waals surface area contributed by atoms with E-state index in [0.717, 1.165) is 22.9 Å². The van der Waals surface area contributed by atoms with Crippen molar-refractivity contribution >= 4 is 39.3 Å². The van der Waals surface area contributed by atoms with Crippen molar-refractivity contribution in [2.24, 2.45) is 0 Å². The van der Waals surface area contributed by atoms with E-state index in [2.05, 4.69) is 5.32 Å². The Morgan fingerprint density at radius 3 is 1.80 bits per heavy atom. The molecule has 10 nitrogen and oxygen atoms in total. The van der Waals surface area contributed by atoms with Crippen LogP contribution in [0.15, 0.2) is 126 Å². The molecule has 0 bridgehead atoms. The van der Waals surface area contributed by atoms with Crippen molar-refractivity contribution in [2.75, 3.05) is 18.1 Å². The average Bonchev–Trinajstić information content (AvgIpc) is 3.09. The van der Waals surface area contributed by atoms with E-state index >= 15 is 0 Å². The first-order valence-electron chi connectivity index (χ1n) is 15.5. The number of aliphatic carboxylic acids is 1. The molecule has 5 aromatic rings. The van der Waals surface area contributed by atoms with Crippen molar-refractivity contribution < 1.29 is 37.4 Å². The third-order valence-corrected chi connectivity index (χ3v) is 8.89. The molecule has 254 valence electrons. The molecule has 0 unspecified atom stereocenters. The molecule has 0 aromatic heterocycles. The van der Waals surface area contributed by atoms with E-state index in [9.17, 15) is 32.7 Å². The fourth-order valence-corrected chi connectivity index (χ4v) is 5.71. The molecule has 0 heterocycles. The van der Waals surface area contributed by atoms with Crippen LogP contribution in [0.25, 0.3) is 11.1 Å². The summed E-state index contributed by atoms with van der Waals surface area (Å²) in [5.74, 6) is -2.29. The van der Waals surface area contributed by atoms with Gasteiger partial charge in [0, 0.05) is 24.1 Å². The lowest BCUT2D eigenvalue weighted by Gasteiger charge is -2.21. The highest BCUT2D eigenvalue weighted by molar-refractivity contribution is 7.90. The minimum absolute atomic E-state index is 0.0106. The van der Waals surface area contributed by atoms with Gasteiger partial charge in [0.05, 0.1) is 16.9 Å². The van der Waals surface area contributed by atoms with Gasteiger partial charge in [-0.15, -0.1) is 0 Å². The molecular formula is C39H34N2O8S. The van der Waals surface area contributed by atoms with Crippen LogP contribution < -0.4 is 10.1 Å². The number of rotatable bonds is 12. The van der Waals surface area contributed by atoms with Gasteiger partial charge in [-0.05, 0) is 89.8 Å². The van der Waals surface area contributed by atoms with Crippen molar-refractivity contribution in [1.29, 1.82) is 0 Å². The van der Waals surface area contributed by atoms with Gasteiger partial charge >= 0.3 is 11.9 Å². The number of nitrogens with zero attached hydrogens (tertiary/aromatic N) is 1. The standard InChI is InChI=1S/C39H34N2O8S/c1-26-3-9-29(10-4-26)30-11-13-32(14-12-30)39(46)49-34-19-5-28(6-20-34)24-41(25-37(43)44)38(45)31-15-17-33(18-16-31)40-36(42)23-27-7-21-35(22-8-27)50(2,47)48/h3-22H,23-25H2,1-2H3,(H,40,42)(H,43,44). The van der Waals surface area contributed by atoms with E-state index in [1.807, 2.05) is 43.3 Å². The van der Waals surface area contributed by atoms with Gasteiger partial charge in [0.1, 0.15) is 12.3 Å². The molecule has 0 spiro atoms. The van der Waals surface area contributed by atoms with Gasteiger partial charge in [0.25, 0.3) is 5.91 Å². The molecule has 0 aliphatic heterocycles.